The van der Waals surface area contributed by atoms with Crippen molar-refractivity contribution in [1.82, 2.24) is 9.78 Å². The van der Waals surface area contributed by atoms with Crippen LogP contribution < -0.4 is 5.32 Å². The van der Waals surface area contributed by atoms with Crippen LogP contribution in [0.2, 0.25) is 0 Å². The molecule has 4 rings (SSSR count). The summed E-state index contributed by atoms with van der Waals surface area (Å²) >= 11 is 3.41. The topological polar surface area (TPSA) is 46.9 Å². The van der Waals surface area contributed by atoms with Crippen LogP contribution in [-0.4, -0.2) is 15.7 Å². The summed E-state index contributed by atoms with van der Waals surface area (Å²) < 4.78 is 1.81. The van der Waals surface area contributed by atoms with E-state index in [0.717, 1.165) is 16.2 Å². The van der Waals surface area contributed by atoms with E-state index in [4.69, 9.17) is 0 Å². The largest absolute Gasteiger partial charge is 0.307 e. The van der Waals surface area contributed by atoms with Crippen molar-refractivity contribution in [2.75, 3.05) is 5.32 Å². The summed E-state index contributed by atoms with van der Waals surface area (Å²) in [6.45, 7) is 2.68. The van der Waals surface area contributed by atoms with Crippen molar-refractivity contribution in [1.29, 1.82) is 0 Å². The maximum Gasteiger partial charge on any atom is 0.257 e. The number of carbonyl (C=O) groups excluding carboxylic acids is 1. The zero-order valence-corrected chi connectivity index (χ0v) is 17.7. The Kier molecular flexibility index (Phi) is 6.12. The van der Waals surface area contributed by atoms with Crippen molar-refractivity contribution < 1.29 is 4.79 Å². The summed E-state index contributed by atoms with van der Waals surface area (Å²) in [5, 5.41) is 9.47. The van der Waals surface area contributed by atoms with Gasteiger partial charge < -0.3 is 5.32 Å². The lowest BCUT2D eigenvalue weighted by Crippen LogP contribution is -2.17. The van der Waals surface area contributed by atoms with Gasteiger partial charge in [0, 0.05) is 21.6 Å². The van der Waals surface area contributed by atoms with Crippen LogP contribution in [0.15, 0.2) is 83.2 Å². The third kappa shape index (κ3) is 4.96. The van der Waals surface area contributed by atoms with Gasteiger partial charge in [-0.15, -0.1) is 23.1 Å². The van der Waals surface area contributed by atoms with Gasteiger partial charge in [-0.3, -0.25) is 4.79 Å². The number of hydrogen-bond acceptors (Lipinski definition) is 4. The molecule has 29 heavy (non-hydrogen) atoms. The lowest BCUT2D eigenvalue weighted by molar-refractivity contribution is 0.102. The van der Waals surface area contributed by atoms with E-state index in [-0.39, 0.29) is 5.91 Å². The number of aryl methyl sites for hydroxylation is 1. The molecule has 2 heterocycles. The molecule has 1 amide bonds. The van der Waals surface area contributed by atoms with E-state index in [1.807, 2.05) is 41.1 Å². The molecule has 0 saturated carbocycles. The highest BCUT2D eigenvalue weighted by Gasteiger charge is 2.14. The second kappa shape index (κ2) is 9.11. The first-order chi connectivity index (χ1) is 14.2. The monoisotopic (exact) mass is 419 g/mol. The lowest BCUT2D eigenvalue weighted by atomic mass is 10.1. The van der Waals surface area contributed by atoms with Gasteiger partial charge in [-0.25, -0.2) is 4.68 Å². The van der Waals surface area contributed by atoms with Gasteiger partial charge in [0.25, 0.3) is 5.91 Å². The van der Waals surface area contributed by atoms with Gasteiger partial charge >= 0.3 is 0 Å². The molecule has 0 radical (unpaired) electrons. The molecule has 0 bridgehead atoms. The summed E-state index contributed by atoms with van der Waals surface area (Å²) in [6.07, 6.45) is 1.71. The van der Waals surface area contributed by atoms with Crippen LogP contribution in [0.3, 0.4) is 0 Å². The summed E-state index contributed by atoms with van der Waals surface area (Å²) in [7, 11) is 0. The Morgan fingerprint density at radius 1 is 1.07 bits per heavy atom. The number of nitrogens with zero attached hydrogens (tertiary/aromatic N) is 2. The average molecular weight is 420 g/mol. The summed E-state index contributed by atoms with van der Waals surface area (Å²) in [6, 6.07) is 22.0. The van der Waals surface area contributed by atoms with Gasteiger partial charge in [0.05, 0.1) is 18.3 Å². The van der Waals surface area contributed by atoms with Gasteiger partial charge in [-0.2, -0.15) is 5.10 Å². The minimum Gasteiger partial charge on any atom is -0.307 e. The van der Waals surface area contributed by atoms with Crippen molar-refractivity contribution in [2.45, 2.75) is 24.1 Å². The zero-order chi connectivity index (χ0) is 20.1. The lowest BCUT2D eigenvalue weighted by Gasteiger charge is -2.12. The summed E-state index contributed by atoms with van der Waals surface area (Å²) in [4.78, 5) is 15.2. The molecule has 0 unspecified atom stereocenters. The maximum absolute atomic E-state index is 13.0. The number of benzene rings is 2. The van der Waals surface area contributed by atoms with E-state index in [1.54, 1.807) is 29.3 Å². The molecule has 2 aromatic carbocycles. The van der Waals surface area contributed by atoms with Crippen molar-refractivity contribution in [3.8, 4) is 0 Å². The maximum atomic E-state index is 13.0. The normalized spacial score (nSPS) is 10.8. The number of carbonyl (C=O) groups is 1. The first-order valence-electron chi connectivity index (χ1n) is 9.32. The highest BCUT2D eigenvalue weighted by Crippen LogP contribution is 2.28. The molecule has 0 saturated heterocycles. The number of aromatic nitrogens is 2. The van der Waals surface area contributed by atoms with Crippen LogP contribution in [0.25, 0.3) is 0 Å². The molecule has 6 heteroatoms. The SMILES string of the molecule is Cc1ccc(Cn2nccc2NC(=O)c2ccccc2SCc2cccs2)cc1. The van der Waals surface area contributed by atoms with E-state index in [0.29, 0.717) is 17.9 Å². The fraction of sp³-hybridized carbons (Fsp3) is 0.130. The van der Waals surface area contributed by atoms with E-state index in [9.17, 15) is 4.79 Å². The molecular formula is C23H21N3OS2. The third-order valence-electron chi connectivity index (χ3n) is 4.49. The molecule has 0 aliphatic heterocycles. The first kappa shape index (κ1) is 19.5. The average Bonchev–Trinajstić information content (AvgIpc) is 3.41. The van der Waals surface area contributed by atoms with Gasteiger partial charge in [0.15, 0.2) is 0 Å². The van der Waals surface area contributed by atoms with Crippen molar-refractivity contribution >= 4 is 34.8 Å². The van der Waals surface area contributed by atoms with Crippen LogP contribution in [0.5, 0.6) is 0 Å². The van der Waals surface area contributed by atoms with Crippen molar-refractivity contribution in [3.05, 3.63) is 99.9 Å². The smallest absolute Gasteiger partial charge is 0.257 e. The van der Waals surface area contributed by atoms with Gasteiger partial charge in [-0.05, 0) is 36.1 Å². The van der Waals surface area contributed by atoms with Crippen molar-refractivity contribution in [3.63, 3.8) is 0 Å². The van der Waals surface area contributed by atoms with Crippen LogP contribution >= 0.6 is 23.1 Å². The molecule has 2 aromatic heterocycles. The summed E-state index contributed by atoms with van der Waals surface area (Å²) in [5.41, 5.74) is 3.04. The molecule has 0 spiro atoms. The molecule has 146 valence electrons. The second-order valence-corrected chi connectivity index (χ2v) is 8.73. The molecule has 0 aliphatic carbocycles. The van der Waals surface area contributed by atoms with E-state index < -0.39 is 0 Å². The van der Waals surface area contributed by atoms with Gasteiger partial charge in [0.1, 0.15) is 5.82 Å². The zero-order valence-electron chi connectivity index (χ0n) is 16.0. The number of anilines is 1. The van der Waals surface area contributed by atoms with Crippen LogP contribution in [0.1, 0.15) is 26.4 Å². The van der Waals surface area contributed by atoms with Crippen molar-refractivity contribution in [2.24, 2.45) is 0 Å². The number of rotatable bonds is 7. The first-order valence-corrected chi connectivity index (χ1v) is 11.2. The Labute approximate surface area is 178 Å². The van der Waals surface area contributed by atoms with Gasteiger partial charge in [-0.1, -0.05) is 48.0 Å². The Balaban J connectivity index is 1.47. The quantitative estimate of drug-likeness (QED) is 0.383. The van der Waals surface area contributed by atoms with Gasteiger partial charge in [0.2, 0.25) is 0 Å². The van der Waals surface area contributed by atoms with E-state index in [1.165, 1.54) is 10.4 Å². The number of thiophene rings is 1. The fourth-order valence-corrected chi connectivity index (χ4v) is 4.76. The predicted molar refractivity (Wildman–Crippen MR) is 121 cm³/mol. The minimum absolute atomic E-state index is 0.120. The number of thioether (sulfide) groups is 1. The molecule has 0 aliphatic rings. The van der Waals surface area contributed by atoms with Crippen LogP contribution in [-0.2, 0) is 12.3 Å². The molecule has 4 nitrogen and oxygen atoms in total. The number of amides is 1. The van der Waals surface area contributed by atoms with E-state index >= 15 is 0 Å². The van der Waals surface area contributed by atoms with Crippen LogP contribution in [0, 0.1) is 6.92 Å². The summed E-state index contributed by atoms with van der Waals surface area (Å²) in [5.74, 6) is 1.42. The van der Waals surface area contributed by atoms with E-state index in [2.05, 4.69) is 53.1 Å². The highest BCUT2D eigenvalue weighted by molar-refractivity contribution is 7.98. The number of nitrogens with one attached hydrogen (secondary N) is 1. The third-order valence-corrected chi connectivity index (χ3v) is 6.67. The molecule has 0 atom stereocenters. The molecule has 4 aromatic rings. The highest BCUT2D eigenvalue weighted by atomic mass is 32.2. The molecular weight excluding hydrogens is 398 g/mol. The predicted octanol–water partition coefficient (Wildman–Crippen LogP) is 5.85. The van der Waals surface area contributed by atoms with Crippen LogP contribution in [0.4, 0.5) is 5.82 Å². The number of hydrogen-bond donors (Lipinski definition) is 1. The Hall–Kier alpha value is -2.83. The Bertz CT molecular complexity index is 1090. The fourth-order valence-electron chi connectivity index (χ4n) is 2.94. The Morgan fingerprint density at radius 2 is 1.90 bits per heavy atom. The molecule has 0 fully saturated rings. The molecule has 1 N–H and O–H groups in total. The second-order valence-electron chi connectivity index (χ2n) is 6.68. The Morgan fingerprint density at radius 3 is 2.69 bits per heavy atom. The minimum atomic E-state index is -0.120. The standard InChI is InChI=1S/C23H21N3OS2/c1-17-8-10-18(11-9-17)15-26-22(12-13-24-26)25-23(27)20-6-2-3-7-21(20)29-16-19-5-4-14-28-19/h2-14H,15-16H2,1H3,(H,25,27).